The van der Waals surface area contributed by atoms with Gasteiger partial charge in [0.15, 0.2) is 0 Å². The Morgan fingerprint density at radius 2 is 1.92 bits per heavy atom. The predicted molar refractivity (Wildman–Crippen MR) is 152 cm³/mol. The van der Waals surface area contributed by atoms with Crippen LogP contribution in [-0.2, 0) is 0 Å². The quantitative estimate of drug-likeness (QED) is 0.497. The molecule has 1 aromatic carbocycles. The normalized spacial score (nSPS) is 21.8. The molecule has 7 nitrogen and oxygen atoms in total. The van der Waals surface area contributed by atoms with Crippen LogP contribution in [-0.4, -0.2) is 70.5 Å². The summed E-state index contributed by atoms with van der Waals surface area (Å²) in [6, 6.07) is 9.88. The van der Waals surface area contributed by atoms with Gasteiger partial charge in [0.25, 0.3) is 5.91 Å². The van der Waals surface area contributed by atoms with Gasteiger partial charge in [0.2, 0.25) is 5.95 Å². The fourth-order valence-corrected chi connectivity index (χ4v) is 6.31. The molecule has 3 atom stereocenters. The summed E-state index contributed by atoms with van der Waals surface area (Å²) in [6.45, 7) is 15.0. The minimum absolute atomic E-state index is 0.0162. The predicted octanol–water partition coefficient (Wildman–Crippen LogP) is 4.32. The van der Waals surface area contributed by atoms with E-state index in [4.69, 9.17) is 11.6 Å². The molecule has 1 aromatic heterocycles. The lowest BCUT2D eigenvalue weighted by Crippen LogP contribution is -3.19. The third-order valence-corrected chi connectivity index (χ3v) is 8.56. The highest BCUT2D eigenvalue weighted by Gasteiger charge is 2.51. The van der Waals surface area contributed by atoms with Gasteiger partial charge in [0.1, 0.15) is 12.6 Å². The van der Waals surface area contributed by atoms with Gasteiger partial charge in [-0.2, -0.15) is 4.39 Å². The highest BCUT2D eigenvalue weighted by atomic mass is 35.5. The molecule has 0 radical (unpaired) electrons. The second-order valence-electron chi connectivity index (χ2n) is 12.1. The van der Waals surface area contributed by atoms with Crippen molar-refractivity contribution >= 4 is 23.5 Å². The number of hydrogen-bond donors (Lipinski definition) is 2. The molecule has 3 unspecified atom stereocenters. The third kappa shape index (κ3) is 6.61. The standard InChI is InChI=1S/C30H41ClFN5O2/c1-19-16-26(32)34-21(3)27(19)28(38)33-13-10-20(2)35-14-11-24(12-15-35)37-25(22-8-7-9-23(31)17-22)18-36(29(37)39)30(4,5)6/h7-9,16-17,20,24-25H,10-15,18H2,1-6H3,(H,33,38)/p+1. The molecule has 2 saturated heterocycles. The van der Waals surface area contributed by atoms with Gasteiger partial charge in [0, 0.05) is 36.7 Å². The zero-order valence-corrected chi connectivity index (χ0v) is 24.7. The molecule has 0 aliphatic carbocycles. The molecule has 2 fully saturated rings. The molecule has 2 N–H and O–H groups in total. The molecule has 2 aliphatic rings. The van der Waals surface area contributed by atoms with Gasteiger partial charge in [-0.25, -0.2) is 14.7 Å². The lowest BCUT2D eigenvalue weighted by molar-refractivity contribution is -0.860. The highest BCUT2D eigenvalue weighted by Crippen LogP contribution is 2.31. The number of carbonyl (C=O) groups excluding carboxylic acids is 2. The number of halogens is 2. The molecule has 212 valence electrons. The van der Waals surface area contributed by atoms with Crippen molar-refractivity contribution < 1.29 is 18.9 Å². The van der Waals surface area contributed by atoms with Crippen molar-refractivity contribution in [1.82, 2.24) is 20.1 Å². The minimum atomic E-state index is -0.569. The summed E-state index contributed by atoms with van der Waals surface area (Å²) in [5.74, 6) is -0.783. The van der Waals surface area contributed by atoms with E-state index in [-0.39, 0.29) is 35.6 Å². The van der Waals surface area contributed by atoms with E-state index in [0.717, 1.165) is 49.4 Å². The first-order valence-electron chi connectivity index (χ1n) is 14.0. The first kappa shape index (κ1) is 29.4. The summed E-state index contributed by atoms with van der Waals surface area (Å²) >= 11 is 6.33. The lowest BCUT2D eigenvalue weighted by Gasteiger charge is -2.40. The third-order valence-electron chi connectivity index (χ3n) is 8.32. The molecule has 39 heavy (non-hydrogen) atoms. The van der Waals surface area contributed by atoms with Crippen molar-refractivity contribution in [1.29, 1.82) is 0 Å². The van der Waals surface area contributed by atoms with E-state index < -0.39 is 5.95 Å². The zero-order chi connectivity index (χ0) is 28.5. The maximum atomic E-state index is 13.7. The van der Waals surface area contributed by atoms with Crippen LogP contribution in [0.3, 0.4) is 0 Å². The van der Waals surface area contributed by atoms with Crippen molar-refractivity contribution in [2.75, 3.05) is 26.2 Å². The van der Waals surface area contributed by atoms with Crippen LogP contribution in [0.4, 0.5) is 9.18 Å². The Balaban J connectivity index is 1.35. The summed E-state index contributed by atoms with van der Waals surface area (Å²) in [4.78, 5) is 35.8. The molecule has 2 aliphatic heterocycles. The molecule has 0 bridgehead atoms. The monoisotopic (exact) mass is 558 g/mol. The Bertz CT molecular complexity index is 1190. The van der Waals surface area contributed by atoms with Gasteiger partial charge >= 0.3 is 6.03 Å². The second-order valence-corrected chi connectivity index (χ2v) is 12.5. The lowest BCUT2D eigenvalue weighted by atomic mass is 9.97. The Hall–Kier alpha value is -2.55. The van der Waals surface area contributed by atoms with Crippen LogP contribution in [0, 0.1) is 19.8 Å². The van der Waals surface area contributed by atoms with Crippen molar-refractivity contribution in [2.24, 2.45) is 0 Å². The Morgan fingerprint density at radius 1 is 1.23 bits per heavy atom. The summed E-state index contributed by atoms with van der Waals surface area (Å²) in [7, 11) is 0. The van der Waals surface area contributed by atoms with Gasteiger partial charge in [-0.15, -0.1) is 0 Å². The summed E-state index contributed by atoms with van der Waals surface area (Å²) < 4.78 is 13.5. The topological polar surface area (TPSA) is 70.0 Å². The van der Waals surface area contributed by atoms with Crippen LogP contribution < -0.4 is 10.2 Å². The van der Waals surface area contributed by atoms with Crippen molar-refractivity contribution in [3.8, 4) is 0 Å². The molecule has 3 heterocycles. The van der Waals surface area contributed by atoms with E-state index in [2.05, 4.69) is 53.9 Å². The van der Waals surface area contributed by atoms with Crippen molar-refractivity contribution in [3.05, 3.63) is 63.7 Å². The number of pyridine rings is 1. The van der Waals surface area contributed by atoms with Crippen LogP contribution >= 0.6 is 11.6 Å². The molecular weight excluding hydrogens is 517 g/mol. The first-order chi connectivity index (χ1) is 18.4. The van der Waals surface area contributed by atoms with Gasteiger partial charge < -0.3 is 10.2 Å². The summed E-state index contributed by atoms with van der Waals surface area (Å²) in [6.07, 6.45) is 2.63. The Kier molecular flexibility index (Phi) is 8.98. The highest BCUT2D eigenvalue weighted by molar-refractivity contribution is 6.30. The van der Waals surface area contributed by atoms with E-state index >= 15 is 0 Å². The van der Waals surface area contributed by atoms with Crippen LogP contribution in [0.5, 0.6) is 0 Å². The average Bonchev–Trinajstić information content (AvgIpc) is 3.21. The minimum Gasteiger partial charge on any atom is -0.352 e. The largest absolute Gasteiger partial charge is 0.418 e. The van der Waals surface area contributed by atoms with Gasteiger partial charge in [0.05, 0.1) is 16.8 Å². The SMILES string of the molecule is Cc1cc(F)nc(C)c1C(=O)NCCC(C)N1CCC(N2C(=O)[NH+](C(C)(C)C)CC2c2cccc(Cl)c2)CC1. The van der Waals surface area contributed by atoms with Crippen LogP contribution in [0.15, 0.2) is 30.3 Å². The number of quaternary nitrogens is 1. The number of nitrogens with one attached hydrogen (secondary N) is 2. The fraction of sp³-hybridized carbons (Fsp3) is 0.567. The molecular formula is C30H42ClFN5O2+. The summed E-state index contributed by atoms with van der Waals surface area (Å²) in [5.41, 5.74) is 2.36. The Labute approximate surface area is 236 Å². The number of aromatic nitrogens is 1. The molecule has 0 spiro atoms. The smallest absolute Gasteiger partial charge is 0.352 e. The number of hydrogen-bond acceptors (Lipinski definition) is 4. The number of piperidine rings is 1. The fourth-order valence-electron chi connectivity index (χ4n) is 6.11. The number of likely N-dealkylation sites (tertiary alicyclic amines) is 1. The van der Waals surface area contributed by atoms with Gasteiger partial charge in [-0.05, 0) is 90.1 Å². The van der Waals surface area contributed by atoms with E-state index in [1.54, 1.807) is 13.8 Å². The van der Waals surface area contributed by atoms with E-state index in [0.29, 0.717) is 28.4 Å². The Morgan fingerprint density at radius 3 is 2.54 bits per heavy atom. The van der Waals surface area contributed by atoms with Gasteiger partial charge in [-0.3, -0.25) is 9.69 Å². The number of carbonyl (C=O) groups is 2. The number of amides is 3. The van der Waals surface area contributed by atoms with Crippen molar-refractivity contribution in [2.45, 2.75) is 84.5 Å². The first-order valence-corrected chi connectivity index (χ1v) is 14.3. The molecule has 3 amide bonds. The number of aryl methyl sites for hydroxylation is 2. The van der Waals surface area contributed by atoms with E-state index in [1.807, 2.05) is 18.2 Å². The maximum Gasteiger partial charge on any atom is 0.418 e. The number of urea groups is 1. The van der Waals surface area contributed by atoms with Crippen LogP contribution in [0.25, 0.3) is 0 Å². The van der Waals surface area contributed by atoms with Gasteiger partial charge in [-0.1, -0.05) is 23.7 Å². The maximum absolute atomic E-state index is 13.7. The number of nitrogens with zero attached hydrogens (tertiary/aromatic N) is 3. The molecule has 0 saturated carbocycles. The second kappa shape index (κ2) is 11.9. The van der Waals surface area contributed by atoms with E-state index in [9.17, 15) is 14.0 Å². The zero-order valence-electron chi connectivity index (χ0n) is 24.0. The number of rotatable bonds is 7. The molecule has 9 heteroatoms. The van der Waals surface area contributed by atoms with Crippen molar-refractivity contribution in [3.63, 3.8) is 0 Å². The molecule has 2 aromatic rings. The number of benzene rings is 1. The average molecular weight is 559 g/mol. The van der Waals surface area contributed by atoms with Crippen LogP contribution in [0.2, 0.25) is 5.02 Å². The molecule has 4 rings (SSSR count). The van der Waals surface area contributed by atoms with E-state index in [1.165, 1.54) is 6.07 Å². The van der Waals surface area contributed by atoms with Crippen LogP contribution in [0.1, 0.15) is 80.2 Å². The summed E-state index contributed by atoms with van der Waals surface area (Å²) in [5, 5.41) is 3.68.